The smallest absolute Gasteiger partial charge is 0.244 e. The Kier molecular flexibility index (Phi) is 4.32. The molecule has 5 heterocycles. The summed E-state index contributed by atoms with van der Waals surface area (Å²) in [7, 11) is 1.89. The van der Waals surface area contributed by atoms with Gasteiger partial charge in [0.25, 0.3) is 0 Å². The lowest BCUT2D eigenvalue weighted by Crippen LogP contribution is -2.17. The van der Waals surface area contributed by atoms with Gasteiger partial charge in [0, 0.05) is 31.5 Å². The monoisotopic (exact) mass is 433 g/mol. The van der Waals surface area contributed by atoms with Gasteiger partial charge in [-0.1, -0.05) is 0 Å². The van der Waals surface area contributed by atoms with Crippen molar-refractivity contribution in [2.24, 2.45) is 7.05 Å². The molecule has 1 fully saturated rings. The number of aryl methyl sites for hydroxylation is 1. The molecule has 1 aliphatic rings. The van der Waals surface area contributed by atoms with Crippen LogP contribution in [0.1, 0.15) is 6.42 Å². The summed E-state index contributed by atoms with van der Waals surface area (Å²) in [5.74, 6) is 1.00. The predicted molar refractivity (Wildman–Crippen MR) is 118 cm³/mol. The van der Waals surface area contributed by atoms with Crippen LogP contribution in [-0.2, 0) is 11.8 Å². The van der Waals surface area contributed by atoms with E-state index in [1.165, 1.54) is 0 Å². The summed E-state index contributed by atoms with van der Waals surface area (Å²) in [5, 5.41) is 7.60. The van der Waals surface area contributed by atoms with Crippen molar-refractivity contribution in [1.29, 1.82) is 0 Å². The maximum absolute atomic E-state index is 6.28. The Hall–Kier alpha value is -3.50. The third kappa shape index (κ3) is 3.39. The molecule has 0 bridgehead atoms. The zero-order chi connectivity index (χ0) is 20.8. The predicted octanol–water partition coefficient (Wildman–Crippen LogP) is 3.68. The van der Waals surface area contributed by atoms with E-state index >= 15 is 0 Å². The van der Waals surface area contributed by atoms with Gasteiger partial charge < -0.3 is 19.4 Å². The molecule has 0 aliphatic carbocycles. The minimum Gasteiger partial charge on any atom is -0.470 e. The van der Waals surface area contributed by atoms with E-state index in [2.05, 4.69) is 15.4 Å². The maximum Gasteiger partial charge on any atom is 0.244 e. The standard InChI is InChI=1S/C21H19N7O2S/c1-27-10-14(9-23-27)28-6-4-17-19(28)20(30-15-5-7-29-11-15)26-21(25-17)24-13-2-3-16-18(8-13)31-12-22-16/h2-4,6,8-10,12,15H,5,7,11H2,1H3,(H,24,25,26)/t15-/m0/s1. The van der Waals surface area contributed by atoms with Crippen LogP contribution in [0.5, 0.6) is 5.88 Å². The molecule has 31 heavy (non-hydrogen) atoms. The van der Waals surface area contributed by atoms with Gasteiger partial charge in [0.1, 0.15) is 11.6 Å². The van der Waals surface area contributed by atoms with Crippen LogP contribution in [-0.4, -0.2) is 48.6 Å². The molecular formula is C21H19N7O2S. The van der Waals surface area contributed by atoms with Crippen molar-refractivity contribution in [1.82, 2.24) is 29.3 Å². The molecule has 1 atom stereocenters. The maximum atomic E-state index is 6.28. The van der Waals surface area contributed by atoms with Crippen LogP contribution in [0.15, 0.2) is 48.4 Å². The fraction of sp³-hybridized carbons (Fsp3) is 0.238. The highest BCUT2D eigenvalue weighted by molar-refractivity contribution is 7.16. The van der Waals surface area contributed by atoms with E-state index in [1.54, 1.807) is 22.2 Å². The summed E-state index contributed by atoms with van der Waals surface area (Å²) in [6.45, 7) is 1.26. The summed E-state index contributed by atoms with van der Waals surface area (Å²) >= 11 is 1.60. The average Bonchev–Trinajstić information content (AvgIpc) is 3.54. The Balaban J connectivity index is 1.43. The topological polar surface area (TPSA) is 91.9 Å². The van der Waals surface area contributed by atoms with E-state index in [1.807, 2.05) is 53.8 Å². The molecule has 1 aromatic carbocycles. The molecule has 0 amide bonds. The van der Waals surface area contributed by atoms with Crippen molar-refractivity contribution in [3.8, 4) is 11.6 Å². The van der Waals surface area contributed by atoms with Gasteiger partial charge in [-0.2, -0.15) is 10.1 Å². The van der Waals surface area contributed by atoms with Crippen LogP contribution >= 0.6 is 11.3 Å². The largest absolute Gasteiger partial charge is 0.470 e. The highest BCUT2D eigenvalue weighted by atomic mass is 32.1. The Morgan fingerprint density at radius 1 is 1.23 bits per heavy atom. The second-order valence-electron chi connectivity index (χ2n) is 7.41. The zero-order valence-corrected chi connectivity index (χ0v) is 17.5. The Labute approximate surface area is 181 Å². The van der Waals surface area contributed by atoms with Gasteiger partial charge >= 0.3 is 0 Å². The Bertz CT molecular complexity index is 1380. The van der Waals surface area contributed by atoms with E-state index < -0.39 is 0 Å². The van der Waals surface area contributed by atoms with Gasteiger partial charge in [0.15, 0.2) is 0 Å². The Morgan fingerprint density at radius 3 is 3.03 bits per heavy atom. The van der Waals surface area contributed by atoms with Crippen LogP contribution in [0.2, 0.25) is 0 Å². The van der Waals surface area contributed by atoms with Gasteiger partial charge in [-0.25, -0.2) is 9.97 Å². The van der Waals surface area contributed by atoms with Crippen molar-refractivity contribution < 1.29 is 9.47 Å². The molecule has 1 aliphatic heterocycles. The summed E-state index contributed by atoms with van der Waals surface area (Å²) in [6.07, 6.45) is 6.51. The first-order valence-electron chi connectivity index (χ1n) is 9.96. The van der Waals surface area contributed by atoms with Crippen LogP contribution in [0.3, 0.4) is 0 Å². The lowest BCUT2D eigenvalue weighted by molar-refractivity contribution is 0.139. The van der Waals surface area contributed by atoms with E-state index in [0.717, 1.165) is 39.0 Å². The third-order valence-electron chi connectivity index (χ3n) is 5.22. The molecular weight excluding hydrogens is 414 g/mol. The molecule has 1 saturated heterocycles. The van der Waals surface area contributed by atoms with Gasteiger partial charge in [-0.15, -0.1) is 11.3 Å². The third-order valence-corrected chi connectivity index (χ3v) is 6.02. The number of hydrogen-bond donors (Lipinski definition) is 1. The molecule has 6 rings (SSSR count). The first-order valence-corrected chi connectivity index (χ1v) is 10.8. The number of nitrogens with one attached hydrogen (secondary N) is 1. The van der Waals surface area contributed by atoms with Gasteiger partial charge in [-0.3, -0.25) is 4.68 Å². The Morgan fingerprint density at radius 2 is 2.19 bits per heavy atom. The van der Waals surface area contributed by atoms with Crippen molar-refractivity contribution in [2.75, 3.05) is 18.5 Å². The molecule has 156 valence electrons. The number of nitrogens with zero attached hydrogens (tertiary/aromatic N) is 6. The molecule has 0 unspecified atom stereocenters. The van der Waals surface area contributed by atoms with Crippen LogP contribution in [0.4, 0.5) is 11.6 Å². The van der Waals surface area contributed by atoms with Crippen molar-refractivity contribution in [2.45, 2.75) is 12.5 Å². The van der Waals surface area contributed by atoms with E-state index in [4.69, 9.17) is 19.4 Å². The second kappa shape index (κ2) is 7.33. The fourth-order valence-electron chi connectivity index (χ4n) is 3.72. The molecule has 5 aromatic rings. The van der Waals surface area contributed by atoms with Crippen molar-refractivity contribution in [3.63, 3.8) is 0 Å². The van der Waals surface area contributed by atoms with E-state index in [9.17, 15) is 0 Å². The number of hydrogen-bond acceptors (Lipinski definition) is 8. The number of thiazole rings is 1. The normalized spacial score (nSPS) is 16.4. The molecule has 4 aromatic heterocycles. The second-order valence-corrected chi connectivity index (χ2v) is 8.29. The summed E-state index contributed by atoms with van der Waals surface area (Å²) in [4.78, 5) is 13.8. The molecule has 9 nitrogen and oxygen atoms in total. The summed E-state index contributed by atoms with van der Waals surface area (Å²) in [6, 6.07) is 7.97. The van der Waals surface area contributed by atoms with Crippen LogP contribution < -0.4 is 10.1 Å². The molecule has 1 N–H and O–H groups in total. The van der Waals surface area contributed by atoms with E-state index in [-0.39, 0.29) is 6.10 Å². The first kappa shape index (κ1) is 18.3. The average molecular weight is 433 g/mol. The van der Waals surface area contributed by atoms with Gasteiger partial charge in [0.05, 0.1) is 46.3 Å². The molecule has 0 radical (unpaired) electrons. The minimum atomic E-state index is -0.0308. The summed E-state index contributed by atoms with van der Waals surface area (Å²) < 4.78 is 16.6. The van der Waals surface area contributed by atoms with Crippen molar-refractivity contribution in [3.05, 3.63) is 48.4 Å². The lowest BCUT2D eigenvalue weighted by Gasteiger charge is -2.15. The lowest BCUT2D eigenvalue weighted by atomic mass is 10.3. The van der Waals surface area contributed by atoms with Crippen molar-refractivity contribution >= 4 is 44.2 Å². The number of benzene rings is 1. The number of anilines is 2. The zero-order valence-electron chi connectivity index (χ0n) is 16.7. The minimum absolute atomic E-state index is 0.0308. The van der Waals surface area contributed by atoms with E-state index in [0.29, 0.717) is 25.0 Å². The summed E-state index contributed by atoms with van der Waals surface area (Å²) in [5.41, 5.74) is 6.24. The van der Waals surface area contributed by atoms with Gasteiger partial charge in [-0.05, 0) is 24.3 Å². The molecule has 0 saturated carbocycles. The number of rotatable bonds is 5. The number of fused-ring (bicyclic) bond motifs is 2. The quantitative estimate of drug-likeness (QED) is 0.452. The molecule has 10 heteroatoms. The fourth-order valence-corrected chi connectivity index (χ4v) is 4.44. The first-order chi connectivity index (χ1) is 15.2. The SMILES string of the molecule is Cn1cc(-n2ccc3nc(Nc4ccc5ncsc5c4)nc(O[C@H]4CCOC4)c32)cn1. The molecule has 0 spiro atoms. The highest BCUT2D eigenvalue weighted by Crippen LogP contribution is 2.31. The van der Waals surface area contributed by atoms with Crippen LogP contribution in [0, 0.1) is 0 Å². The number of ether oxygens (including phenoxy) is 2. The highest BCUT2D eigenvalue weighted by Gasteiger charge is 2.22. The van der Waals surface area contributed by atoms with Gasteiger partial charge in [0.2, 0.25) is 11.8 Å². The number of aromatic nitrogens is 6. The van der Waals surface area contributed by atoms with Crippen LogP contribution in [0.25, 0.3) is 26.9 Å².